The van der Waals surface area contributed by atoms with Gasteiger partial charge < -0.3 is 14.7 Å². The van der Waals surface area contributed by atoms with Crippen LogP contribution in [-0.4, -0.2) is 53.3 Å². The molecule has 2 heterocycles. The van der Waals surface area contributed by atoms with Gasteiger partial charge in [-0.2, -0.15) is 0 Å². The third-order valence-corrected chi connectivity index (χ3v) is 3.51. The van der Waals surface area contributed by atoms with E-state index in [0.717, 1.165) is 10.9 Å². The molecule has 1 N–H and O–H groups in total. The number of hydrogen-bond acceptors (Lipinski definition) is 4. The summed E-state index contributed by atoms with van der Waals surface area (Å²) in [5, 5.41) is 10.0. The smallest absolute Gasteiger partial charge is 0.254 e. The van der Waals surface area contributed by atoms with Crippen LogP contribution in [0, 0.1) is 0 Å². The van der Waals surface area contributed by atoms with Crippen LogP contribution in [0.25, 0.3) is 10.9 Å². The highest BCUT2D eigenvalue weighted by Gasteiger charge is 2.25. The van der Waals surface area contributed by atoms with E-state index in [1.54, 1.807) is 11.1 Å². The second kappa shape index (κ2) is 5.56. The molecule has 3 rings (SSSR count). The molecule has 20 heavy (non-hydrogen) atoms. The number of benzene rings is 1. The zero-order valence-electron chi connectivity index (χ0n) is 11.0. The maximum absolute atomic E-state index is 12.6. The molecule has 1 aromatic carbocycles. The molecule has 1 aliphatic rings. The Labute approximate surface area is 116 Å². The normalized spacial score (nSPS) is 19.2. The lowest BCUT2D eigenvalue weighted by molar-refractivity contribution is -0.0446. The van der Waals surface area contributed by atoms with Crippen LogP contribution in [0.2, 0.25) is 0 Å². The molecule has 5 nitrogen and oxygen atoms in total. The van der Waals surface area contributed by atoms with Crippen LogP contribution in [0.4, 0.5) is 0 Å². The molecule has 1 aliphatic heterocycles. The van der Waals surface area contributed by atoms with Gasteiger partial charge >= 0.3 is 0 Å². The first-order valence-electron chi connectivity index (χ1n) is 6.65. The predicted octanol–water partition coefficient (Wildman–Crippen LogP) is 1.07. The number of aliphatic hydroxyl groups is 1. The van der Waals surface area contributed by atoms with Gasteiger partial charge in [0.25, 0.3) is 5.91 Å². The number of amides is 1. The molecule has 0 saturated carbocycles. The van der Waals surface area contributed by atoms with Crippen LogP contribution in [0.3, 0.4) is 0 Å². The van der Waals surface area contributed by atoms with Crippen LogP contribution in [0.1, 0.15) is 10.4 Å². The highest BCUT2D eigenvalue weighted by Crippen LogP contribution is 2.19. The summed E-state index contributed by atoms with van der Waals surface area (Å²) >= 11 is 0. The van der Waals surface area contributed by atoms with E-state index in [1.807, 2.05) is 30.3 Å². The topological polar surface area (TPSA) is 62.7 Å². The number of rotatable bonds is 2. The van der Waals surface area contributed by atoms with Crippen LogP contribution < -0.4 is 0 Å². The fourth-order valence-electron chi connectivity index (χ4n) is 2.47. The summed E-state index contributed by atoms with van der Waals surface area (Å²) in [7, 11) is 0. The third-order valence-electron chi connectivity index (χ3n) is 3.51. The molecule has 1 aromatic heterocycles. The Hall–Kier alpha value is -1.98. The fourth-order valence-corrected chi connectivity index (χ4v) is 2.47. The Morgan fingerprint density at radius 3 is 3.15 bits per heavy atom. The van der Waals surface area contributed by atoms with Crippen molar-refractivity contribution in [2.45, 2.75) is 6.10 Å². The number of fused-ring (bicyclic) bond motifs is 1. The lowest BCUT2D eigenvalue weighted by Crippen LogP contribution is -2.46. The zero-order valence-corrected chi connectivity index (χ0v) is 11.0. The molecule has 1 fully saturated rings. The van der Waals surface area contributed by atoms with Crippen LogP contribution >= 0.6 is 0 Å². The van der Waals surface area contributed by atoms with Gasteiger partial charge in [0.2, 0.25) is 0 Å². The molecule has 5 heteroatoms. The molecular formula is C15H16N2O3. The predicted molar refractivity (Wildman–Crippen MR) is 74.5 cm³/mol. The van der Waals surface area contributed by atoms with Crippen molar-refractivity contribution in [3.05, 3.63) is 42.1 Å². The maximum Gasteiger partial charge on any atom is 0.254 e. The van der Waals surface area contributed by atoms with Crippen molar-refractivity contribution < 1.29 is 14.6 Å². The number of hydrogen-bond donors (Lipinski definition) is 1. The monoisotopic (exact) mass is 272 g/mol. The summed E-state index contributed by atoms with van der Waals surface area (Å²) in [6.07, 6.45) is 1.42. The van der Waals surface area contributed by atoms with Crippen molar-refractivity contribution in [2.24, 2.45) is 0 Å². The second-order valence-electron chi connectivity index (χ2n) is 4.80. The first-order chi connectivity index (χ1) is 9.79. The number of carbonyl (C=O) groups is 1. The summed E-state index contributed by atoms with van der Waals surface area (Å²) in [5.41, 5.74) is 1.46. The SMILES string of the molecule is O=C(c1cccc2ncccc12)N1CCOC(CO)C1. The van der Waals surface area contributed by atoms with E-state index in [2.05, 4.69) is 4.98 Å². The molecule has 0 aliphatic carbocycles. The van der Waals surface area contributed by atoms with Crippen molar-refractivity contribution in [2.75, 3.05) is 26.3 Å². The molecule has 0 bridgehead atoms. The summed E-state index contributed by atoms with van der Waals surface area (Å²) in [6.45, 7) is 1.36. The van der Waals surface area contributed by atoms with Gasteiger partial charge in [0.15, 0.2) is 0 Å². The highest BCUT2D eigenvalue weighted by molar-refractivity contribution is 6.06. The van der Waals surface area contributed by atoms with Gasteiger partial charge in [-0.15, -0.1) is 0 Å². The quantitative estimate of drug-likeness (QED) is 0.888. The average Bonchev–Trinajstić information content (AvgIpc) is 2.53. The minimum atomic E-state index is -0.291. The number of aliphatic hydroxyl groups excluding tert-OH is 1. The summed E-state index contributed by atoms with van der Waals surface area (Å²) in [5.74, 6) is -0.0367. The molecule has 0 spiro atoms. The van der Waals surface area contributed by atoms with E-state index in [0.29, 0.717) is 25.3 Å². The Bertz CT molecular complexity index is 624. The van der Waals surface area contributed by atoms with Gasteiger partial charge in [0.05, 0.1) is 24.8 Å². The van der Waals surface area contributed by atoms with Crippen molar-refractivity contribution in [3.8, 4) is 0 Å². The number of ether oxygens (including phenoxy) is 1. The molecule has 0 radical (unpaired) electrons. The average molecular weight is 272 g/mol. The van der Waals surface area contributed by atoms with Crippen LogP contribution in [0.15, 0.2) is 36.5 Å². The fraction of sp³-hybridized carbons (Fsp3) is 0.333. The van der Waals surface area contributed by atoms with Crippen molar-refractivity contribution in [1.82, 2.24) is 9.88 Å². The number of carbonyl (C=O) groups excluding carboxylic acids is 1. The first kappa shape index (κ1) is 13.0. The number of morpholine rings is 1. The Morgan fingerprint density at radius 1 is 1.40 bits per heavy atom. The lowest BCUT2D eigenvalue weighted by Gasteiger charge is -2.32. The van der Waals surface area contributed by atoms with Gasteiger partial charge in [0, 0.05) is 30.2 Å². The van der Waals surface area contributed by atoms with E-state index >= 15 is 0 Å². The molecule has 1 atom stereocenters. The zero-order chi connectivity index (χ0) is 13.9. The summed E-state index contributed by atoms with van der Waals surface area (Å²) in [4.78, 5) is 18.6. The number of aromatic nitrogens is 1. The lowest BCUT2D eigenvalue weighted by atomic mass is 10.1. The van der Waals surface area contributed by atoms with Crippen LogP contribution in [0.5, 0.6) is 0 Å². The van der Waals surface area contributed by atoms with Crippen molar-refractivity contribution in [3.63, 3.8) is 0 Å². The maximum atomic E-state index is 12.6. The van der Waals surface area contributed by atoms with Crippen molar-refractivity contribution >= 4 is 16.8 Å². The summed E-state index contributed by atoms with van der Waals surface area (Å²) in [6, 6.07) is 9.28. The van der Waals surface area contributed by atoms with E-state index in [-0.39, 0.29) is 18.6 Å². The first-order valence-corrected chi connectivity index (χ1v) is 6.65. The molecular weight excluding hydrogens is 256 g/mol. The van der Waals surface area contributed by atoms with Gasteiger partial charge in [0.1, 0.15) is 0 Å². The minimum Gasteiger partial charge on any atom is -0.394 e. The summed E-state index contributed by atoms with van der Waals surface area (Å²) < 4.78 is 5.37. The van der Waals surface area contributed by atoms with E-state index in [4.69, 9.17) is 9.84 Å². The van der Waals surface area contributed by atoms with Crippen LogP contribution in [-0.2, 0) is 4.74 Å². The third kappa shape index (κ3) is 2.37. The molecule has 1 amide bonds. The Morgan fingerprint density at radius 2 is 2.30 bits per heavy atom. The molecule has 104 valence electrons. The number of pyridine rings is 1. The minimum absolute atomic E-state index is 0.0367. The molecule has 1 unspecified atom stereocenters. The standard InChI is InChI=1S/C15H16N2O3/c18-10-11-9-17(7-8-20-11)15(19)13-3-1-5-14-12(13)4-2-6-16-14/h1-6,11,18H,7-10H2. The largest absolute Gasteiger partial charge is 0.394 e. The Kier molecular flexibility index (Phi) is 3.62. The van der Waals surface area contributed by atoms with E-state index < -0.39 is 0 Å². The van der Waals surface area contributed by atoms with Gasteiger partial charge in [-0.3, -0.25) is 9.78 Å². The van der Waals surface area contributed by atoms with Gasteiger partial charge in [-0.25, -0.2) is 0 Å². The molecule has 2 aromatic rings. The van der Waals surface area contributed by atoms with Crippen molar-refractivity contribution in [1.29, 1.82) is 0 Å². The van der Waals surface area contributed by atoms with Gasteiger partial charge in [-0.1, -0.05) is 12.1 Å². The van der Waals surface area contributed by atoms with E-state index in [1.165, 1.54) is 0 Å². The van der Waals surface area contributed by atoms with Gasteiger partial charge in [-0.05, 0) is 18.2 Å². The van der Waals surface area contributed by atoms with E-state index in [9.17, 15) is 4.79 Å². The second-order valence-corrected chi connectivity index (χ2v) is 4.80. The number of nitrogens with zero attached hydrogens (tertiary/aromatic N) is 2. The molecule has 1 saturated heterocycles. The Balaban J connectivity index is 1.92. The highest BCUT2D eigenvalue weighted by atomic mass is 16.5.